The molecule has 0 rings (SSSR count). The van der Waals surface area contributed by atoms with E-state index in [0.29, 0.717) is 0 Å². The van der Waals surface area contributed by atoms with Crippen molar-refractivity contribution in [3.63, 3.8) is 0 Å². The summed E-state index contributed by atoms with van der Waals surface area (Å²) in [6, 6.07) is 0. The van der Waals surface area contributed by atoms with Crippen molar-refractivity contribution < 1.29 is 40.2 Å². The minimum Gasteiger partial charge on any atom is -0.479 e. The molecular weight excluding hydrogens is 214 g/mol. The molecule has 88 valence electrons. The molecule has 0 aliphatic heterocycles. The first-order valence-corrected chi connectivity index (χ1v) is 3.64. The molecule has 4 atom stereocenters. The Kier molecular flexibility index (Phi) is 4.13. The molecule has 0 fully saturated rings. The van der Waals surface area contributed by atoms with Crippen molar-refractivity contribution >= 4 is 11.9 Å². The number of nitrogens with two attached hydrogens (primary N) is 1. The standard InChI is InChI=1S/C6H11NO8/c7-6(15,5(13)14)3(10)1(8)2(9)4(11)12/h1-3,8-10,15H,7H2,(H,11,12)(H,13,14)/t1-,2+,3+,6-/m1/s1. The smallest absolute Gasteiger partial charge is 0.353 e. The van der Waals surface area contributed by atoms with Crippen LogP contribution in [0.1, 0.15) is 0 Å². The van der Waals surface area contributed by atoms with Gasteiger partial charge in [0.15, 0.2) is 6.10 Å². The van der Waals surface area contributed by atoms with Crippen molar-refractivity contribution in [1.82, 2.24) is 0 Å². The number of carbonyl (C=O) groups is 2. The molecule has 0 aliphatic rings. The van der Waals surface area contributed by atoms with Gasteiger partial charge < -0.3 is 30.6 Å². The summed E-state index contributed by atoms with van der Waals surface area (Å²) < 4.78 is 0. The first kappa shape index (κ1) is 13.7. The minimum atomic E-state index is -3.25. The molecule has 9 heteroatoms. The van der Waals surface area contributed by atoms with E-state index in [1.54, 1.807) is 0 Å². The van der Waals surface area contributed by atoms with E-state index in [0.717, 1.165) is 0 Å². The van der Waals surface area contributed by atoms with Gasteiger partial charge in [-0.2, -0.15) is 0 Å². The number of hydrogen-bond acceptors (Lipinski definition) is 7. The molecule has 0 aromatic rings. The van der Waals surface area contributed by atoms with Crippen molar-refractivity contribution in [2.24, 2.45) is 5.73 Å². The van der Waals surface area contributed by atoms with E-state index in [4.69, 9.17) is 30.6 Å². The maximum atomic E-state index is 10.3. The largest absolute Gasteiger partial charge is 0.479 e. The SMILES string of the molecule is N[C@](O)(C(=O)O)[C@@H](O)[C@H](O)[C@H](O)C(=O)O. The number of aliphatic carboxylic acids is 2. The molecule has 15 heavy (non-hydrogen) atoms. The summed E-state index contributed by atoms with van der Waals surface area (Å²) >= 11 is 0. The van der Waals surface area contributed by atoms with Crippen LogP contribution in [0.5, 0.6) is 0 Å². The predicted octanol–water partition coefficient (Wildman–Crippen LogP) is -4.11. The van der Waals surface area contributed by atoms with E-state index in [9.17, 15) is 9.59 Å². The van der Waals surface area contributed by atoms with E-state index in [-0.39, 0.29) is 0 Å². The normalized spacial score (nSPS) is 21.1. The lowest BCUT2D eigenvalue weighted by Crippen LogP contribution is -2.63. The number of rotatable bonds is 5. The number of aliphatic hydroxyl groups excluding tert-OH is 3. The van der Waals surface area contributed by atoms with E-state index in [1.165, 1.54) is 0 Å². The first-order chi connectivity index (χ1) is 6.62. The molecule has 0 heterocycles. The molecule has 0 aliphatic carbocycles. The van der Waals surface area contributed by atoms with Crippen LogP contribution in [0.4, 0.5) is 0 Å². The van der Waals surface area contributed by atoms with E-state index >= 15 is 0 Å². The fourth-order valence-corrected chi connectivity index (χ4v) is 0.706. The molecule has 0 aromatic carbocycles. The zero-order chi connectivity index (χ0) is 12.4. The molecule has 0 aromatic heterocycles. The van der Waals surface area contributed by atoms with Crippen LogP contribution >= 0.6 is 0 Å². The summed E-state index contributed by atoms with van der Waals surface area (Å²) in [6.45, 7) is 0. The summed E-state index contributed by atoms with van der Waals surface area (Å²) in [4.78, 5) is 20.4. The fraction of sp³-hybridized carbons (Fsp3) is 0.667. The van der Waals surface area contributed by atoms with Gasteiger partial charge in [0.1, 0.15) is 12.2 Å². The van der Waals surface area contributed by atoms with Crippen LogP contribution in [0.15, 0.2) is 0 Å². The highest BCUT2D eigenvalue weighted by Crippen LogP contribution is 2.11. The predicted molar refractivity (Wildman–Crippen MR) is 42.4 cm³/mol. The quantitative estimate of drug-likeness (QED) is 0.228. The molecular formula is C6H11NO8. The van der Waals surface area contributed by atoms with Gasteiger partial charge in [-0.3, -0.25) is 5.73 Å². The summed E-state index contributed by atoms with van der Waals surface area (Å²) in [7, 11) is 0. The van der Waals surface area contributed by atoms with E-state index in [2.05, 4.69) is 5.73 Å². The van der Waals surface area contributed by atoms with Crippen LogP contribution in [-0.2, 0) is 9.59 Å². The first-order valence-electron chi connectivity index (χ1n) is 3.64. The number of carboxylic acids is 2. The third-order valence-corrected chi connectivity index (χ3v) is 1.69. The van der Waals surface area contributed by atoms with Gasteiger partial charge in [-0.25, -0.2) is 9.59 Å². The van der Waals surface area contributed by atoms with Gasteiger partial charge in [-0.15, -0.1) is 0 Å². The Morgan fingerprint density at radius 3 is 1.80 bits per heavy atom. The zero-order valence-corrected chi connectivity index (χ0v) is 7.31. The second-order valence-electron chi connectivity index (χ2n) is 2.85. The van der Waals surface area contributed by atoms with Crippen molar-refractivity contribution in [2.75, 3.05) is 0 Å². The van der Waals surface area contributed by atoms with Gasteiger partial charge in [0, 0.05) is 0 Å². The van der Waals surface area contributed by atoms with Crippen molar-refractivity contribution in [1.29, 1.82) is 0 Å². The van der Waals surface area contributed by atoms with E-state index < -0.39 is 36.0 Å². The summed E-state index contributed by atoms with van der Waals surface area (Å²) in [5.74, 6) is -3.98. The Bertz CT molecular complexity index is 264. The third kappa shape index (κ3) is 2.84. The molecule has 0 unspecified atom stereocenters. The second kappa shape index (κ2) is 4.51. The second-order valence-corrected chi connectivity index (χ2v) is 2.85. The number of hydrogen-bond donors (Lipinski definition) is 7. The minimum absolute atomic E-state index is 1.90. The van der Waals surface area contributed by atoms with Crippen LogP contribution in [0.3, 0.4) is 0 Å². The zero-order valence-electron chi connectivity index (χ0n) is 7.31. The fourth-order valence-electron chi connectivity index (χ4n) is 0.706. The Hall–Kier alpha value is -1.26. The number of carboxylic acid groups (broad SMARTS) is 2. The Balaban J connectivity index is 4.78. The molecule has 0 bridgehead atoms. The average Bonchev–Trinajstić information content (AvgIpc) is 2.13. The molecule has 0 amide bonds. The highest BCUT2D eigenvalue weighted by Gasteiger charge is 2.47. The monoisotopic (exact) mass is 225 g/mol. The molecule has 0 radical (unpaired) electrons. The molecule has 0 saturated carbocycles. The highest BCUT2D eigenvalue weighted by molar-refractivity contribution is 5.78. The molecule has 0 spiro atoms. The Labute approximate surface area is 83.0 Å². The topological polar surface area (TPSA) is 182 Å². The van der Waals surface area contributed by atoms with Crippen LogP contribution in [0, 0.1) is 0 Å². The Morgan fingerprint density at radius 2 is 1.53 bits per heavy atom. The Morgan fingerprint density at radius 1 is 1.13 bits per heavy atom. The van der Waals surface area contributed by atoms with Gasteiger partial charge in [-0.1, -0.05) is 0 Å². The van der Waals surface area contributed by atoms with Crippen molar-refractivity contribution in [3.05, 3.63) is 0 Å². The summed E-state index contributed by atoms with van der Waals surface area (Å²) in [6.07, 6.45) is -7.45. The van der Waals surface area contributed by atoms with Crippen LogP contribution in [0.25, 0.3) is 0 Å². The molecule has 0 saturated heterocycles. The summed E-state index contributed by atoms with van der Waals surface area (Å²) in [5.41, 5.74) is 1.43. The maximum absolute atomic E-state index is 10.3. The van der Waals surface area contributed by atoms with Crippen LogP contribution in [-0.4, -0.2) is 66.6 Å². The third-order valence-electron chi connectivity index (χ3n) is 1.69. The van der Waals surface area contributed by atoms with Crippen molar-refractivity contribution in [3.8, 4) is 0 Å². The van der Waals surface area contributed by atoms with E-state index in [1.807, 2.05) is 0 Å². The van der Waals surface area contributed by atoms with Crippen LogP contribution < -0.4 is 5.73 Å². The van der Waals surface area contributed by atoms with Gasteiger partial charge in [-0.05, 0) is 0 Å². The highest BCUT2D eigenvalue weighted by atomic mass is 16.4. The average molecular weight is 225 g/mol. The molecule has 8 N–H and O–H groups in total. The van der Waals surface area contributed by atoms with Gasteiger partial charge in [0.25, 0.3) is 0 Å². The lowest BCUT2D eigenvalue weighted by molar-refractivity contribution is -0.192. The summed E-state index contributed by atoms with van der Waals surface area (Å²) in [5, 5.41) is 52.2. The van der Waals surface area contributed by atoms with Crippen molar-refractivity contribution in [2.45, 2.75) is 24.0 Å². The number of aliphatic hydroxyl groups is 4. The van der Waals surface area contributed by atoms with Crippen LogP contribution in [0.2, 0.25) is 0 Å². The maximum Gasteiger partial charge on any atom is 0.353 e. The lowest BCUT2D eigenvalue weighted by Gasteiger charge is -2.29. The van der Waals surface area contributed by atoms with Gasteiger partial charge >= 0.3 is 11.9 Å². The lowest BCUT2D eigenvalue weighted by atomic mass is 9.98. The molecule has 9 nitrogen and oxygen atoms in total. The van der Waals surface area contributed by atoms with Gasteiger partial charge in [0.05, 0.1) is 0 Å². The van der Waals surface area contributed by atoms with Gasteiger partial charge in [0.2, 0.25) is 5.72 Å².